The molecule has 0 saturated heterocycles. The summed E-state index contributed by atoms with van der Waals surface area (Å²) in [7, 11) is 0. The van der Waals surface area contributed by atoms with E-state index in [0.29, 0.717) is 12.5 Å². The Labute approximate surface area is 155 Å². The van der Waals surface area contributed by atoms with Crippen molar-refractivity contribution < 1.29 is 4.79 Å². The van der Waals surface area contributed by atoms with E-state index in [1.807, 2.05) is 25.3 Å². The van der Waals surface area contributed by atoms with Crippen LogP contribution in [0.4, 0.5) is 0 Å². The van der Waals surface area contributed by atoms with Crippen LogP contribution in [0.1, 0.15) is 43.4 Å². The summed E-state index contributed by atoms with van der Waals surface area (Å²) in [6.45, 7) is 7.06. The monoisotopic (exact) mass is 348 g/mol. The number of aromatic nitrogens is 1. The van der Waals surface area contributed by atoms with Crippen LogP contribution in [0.2, 0.25) is 0 Å². The lowest BCUT2D eigenvalue weighted by Gasteiger charge is -2.13. The fraction of sp³-hybridized carbons (Fsp3) is 0.348. The average Bonchev–Trinajstić information content (AvgIpc) is 3.04. The van der Waals surface area contributed by atoms with Crippen LogP contribution in [-0.4, -0.2) is 17.4 Å². The Morgan fingerprint density at radius 1 is 1.04 bits per heavy atom. The Morgan fingerprint density at radius 3 is 2.50 bits per heavy atom. The highest BCUT2D eigenvalue weighted by atomic mass is 16.1. The van der Waals surface area contributed by atoms with E-state index in [4.69, 9.17) is 0 Å². The molecule has 0 aliphatic carbocycles. The molecule has 1 heterocycles. The first-order chi connectivity index (χ1) is 12.5. The van der Waals surface area contributed by atoms with E-state index in [2.05, 4.69) is 60.5 Å². The van der Waals surface area contributed by atoms with Crippen molar-refractivity contribution in [3.8, 4) is 0 Å². The Kier molecular flexibility index (Phi) is 5.77. The molecule has 0 unspecified atom stereocenters. The van der Waals surface area contributed by atoms with Crippen molar-refractivity contribution >= 4 is 16.8 Å². The molecule has 136 valence electrons. The van der Waals surface area contributed by atoms with E-state index < -0.39 is 0 Å². The minimum atomic E-state index is -0.133. The molecule has 1 atom stereocenters. The Balaban J connectivity index is 1.54. The maximum atomic E-state index is 12.5. The van der Waals surface area contributed by atoms with E-state index in [-0.39, 0.29) is 11.8 Å². The Bertz CT molecular complexity index is 861. The molecule has 0 aliphatic rings. The third-order valence-electron chi connectivity index (χ3n) is 4.89. The van der Waals surface area contributed by atoms with Gasteiger partial charge in [-0.2, -0.15) is 0 Å². The van der Waals surface area contributed by atoms with Gasteiger partial charge in [-0.25, -0.2) is 0 Å². The van der Waals surface area contributed by atoms with Crippen LogP contribution in [0.3, 0.4) is 0 Å². The highest BCUT2D eigenvalue weighted by Crippen LogP contribution is 2.19. The van der Waals surface area contributed by atoms with Gasteiger partial charge < -0.3 is 10.3 Å². The summed E-state index contributed by atoms with van der Waals surface area (Å²) in [5, 5.41) is 4.31. The van der Waals surface area contributed by atoms with Crippen molar-refractivity contribution in [2.24, 2.45) is 5.92 Å². The number of H-pyrrole nitrogens is 1. The number of hydrogen-bond donors (Lipinski definition) is 2. The van der Waals surface area contributed by atoms with Gasteiger partial charge >= 0.3 is 0 Å². The highest BCUT2D eigenvalue weighted by Gasteiger charge is 2.15. The quantitative estimate of drug-likeness (QED) is 0.631. The Morgan fingerprint density at radius 2 is 1.77 bits per heavy atom. The molecule has 0 radical (unpaired) electrons. The third-order valence-corrected chi connectivity index (χ3v) is 4.89. The maximum Gasteiger partial charge on any atom is 0.227 e. The molecule has 0 bridgehead atoms. The average molecular weight is 348 g/mol. The Hall–Kier alpha value is -2.55. The highest BCUT2D eigenvalue weighted by molar-refractivity contribution is 5.84. The van der Waals surface area contributed by atoms with Gasteiger partial charge in [0.25, 0.3) is 0 Å². The minimum absolute atomic E-state index is 0.0847. The summed E-state index contributed by atoms with van der Waals surface area (Å²) in [6, 6.07) is 16.7. The molecule has 26 heavy (non-hydrogen) atoms. The summed E-state index contributed by atoms with van der Waals surface area (Å²) in [5.74, 6) is 0.596. The van der Waals surface area contributed by atoms with Crippen molar-refractivity contribution in [2.75, 3.05) is 6.54 Å². The maximum absolute atomic E-state index is 12.5. The van der Waals surface area contributed by atoms with Crippen LogP contribution < -0.4 is 5.32 Å². The lowest BCUT2D eigenvalue weighted by Crippen LogP contribution is -2.29. The predicted molar refractivity (Wildman–Crippen MR) is 108 cm³/mol. The van der Waals surface area contributed by atoms with Crippen molar-refractivity contribution in [2.45, 2.75) is 39.5 Å². The van der Waals surface area contributed by atoms with E-state index in [9.17, 15) is 4.79 Å². The summed E-state index contributed by atoms with van der Waals surface area (Å²) in [6.07, 6.45) is 3.94. The van der Waals surface area contributed by atoms with Crippen molar-refractivity contribution in [1.82, 2.24) is 10.3 Å². The van der Waals surface area contributed by atoms with Gasteiger partial charge in [0.1, 0.15) is 0 Å². The van der Waals surface area contributed by atoms with Gasteiger partial charge in [0.2, 0.25) is 5.91 Å². The number of hydrogen-bond acceptors (Lipinski definition) is 1. The fourth-order valence-electron chi connectivity index (χ4n) is 3.38. The van der Waals surface area contributed by atoms with Crippen LogP contribution in [0.5, 0.6) is 0 Å². The molecule has 0 saturated carbocycles. The molecule has 0 aliphatic heterocycles. The number of para-hydroxylation sites is 1. The first-order valence-electron chi connectivity index (χ1n) is 9.46. The minimum Gasteiger partial charge on any atom is -0.361 e. The van der Waals surface area contributed by atoms with Crippen LogP contribution in [0, 0.1) is 5.92 Å². The van der Waals surface area contributed by atoms with Crippen LogP contribution >= 0.6 is 0 Å². The standard InChI is InChI=1S/C23H28N2O/c1-16(2)14-18-8-10-19(11-9-18)17(3)23(26)24-13-12-20-15-25-22-7-5-4-6-21(20)22/h4-11,15-17,25H,12-14H2,1-3H3,(H,24,26)/t17-/m0/s1. The molecule has 1 amide bonds. The molecule has 3 heteroatoms. The van der Waals surface area contributed by atoms with Crippen molar-refractivity contribution in [3.63, 3.8) is 0 Å². The predicted octanol–water partition coefficient (Wildman–Crippen LogP) is 4.83. The number of carbonyl (C=O) groups excluding carboxylic acids is 1. The lowest BCUT2D eigenvalue weighted by molar-refractivity contribution is -0.122. The van der Waals surface area contributed by atoms with E-state index in [1.165, 1.54) is 16.5 Å². The van der Waals surface area contributed by atoms with Crippen LogP contribution in [-0.2, 0) is 17.6 Å². The van der Waals surface area contributed by atoms with E-state index in [0.717, 1.165) is 23.9 Å². The zero-order chi connectivity index (χ0) is 18.5. The molecule has 0 spiro atoms. The third kappa shape index (κ3) is 4.34. The number of benzene rings is 2. The second-order valence-corrected chi connectivity index (χ2v) is 7.46. The second kappa shape index (κ2) is 8.22. The number of amides is 1. The number of rotatable bonds is 7. The number of carbonyl (C=O) groups is 1. The zero-order valence-corrected chi connectivity index (χ0v) is 15.9. The molecule has 1 aromatic heterocycles. The topological polar surface area (TPSA) is 44.9 Å². The summed E-state index contributed by atoms with van der Waals surface area (Å²) >= 11 is 0. The number of fused-ring (bicyclic) bond motifs is 1. The second-order valence-electron chi connectivity index (χ2n) is 7.46. The number of aromatic amines is 1. The van der Waals surface area contributed by atoms with Gasteiger partial charge in [-0.15, -0.1) is 0 Å². The lowest BCUT2D eigenvalue weighted by atomic mass is 9.96. The van der Waals surface area contributed by atoms with Crippen LogP contribution in [0.15, 0.2) is 54.7 Å². The van der Waals surface area contributed by atoms with Gasteiger partial charge in [0.05, 0.1) is 5.92 Å². The smallest absolute Gasteiger partial charge is 0.227 e. The molecule has 2 aromatic carbocycles. The van der Waals surface area contributed by atoms with Gasteiger partial charge in [0.15, 0.2) is 0 Å². The van der Waals surface area contributed by atoms with E-state index >= 15 is 0 Å². The van der Waals surface area contributed by atoms with Crippen LogP contribution in [0.25, 0.3) is 10.9 Å². The normalized spacial score (nSPS) is 12.5. The van der Waals surface area contributed by atoms with E-state index in [1.54, 1.807) is 0 Å². The molecule has 3 nitrogen and oxygen atoms in total. The van der Waals surface area contributed by atoms with Gasteiger partial charge in [-0.1, -0.05) is 56.3 Å². The summed E-state index contributed by atoms with van der Waals surface area (Å²) in [4.78, 5) is 15.8. The SMILES string of the molecule is CC(C)Cc1ccc([C@H](C)C(=O)NCCc2c[nH]c3ccccc23)cc1. The summed E-state index contributed by atoms with van der Waals surface area (Å²) < 4.78 is 0. The van der Waals surface area contributed by atoms with Gasteiger partial charge in [0, 0.05) is 23.6 Å². The van der Waals surface area contributed by atoms with Crippen molar-refractivity contribution in [1.29, 1.82) is 0 Å². The molecule has 0 fully saturated rings. The number of nitrogens with one attached hydrogen (secondary N) is 2. The largest absolute Gasteiger partial charge is 0.361 e. The molecule has 3 aromatic rings. The molecular weight excluding hydrogens is 320 g/mol. The van der Waals surface area contributed by atoms with Crippen molar-refractivity contribution in [3.05, 3.63) is 71.4 Å². The first-order valence-corrected chi connectivity index (χ1v) is 9.46. The molecular formula is C23H28N2O. The molecule has 3 rings (SSSR count). The first kappa shape index (κ1) is 18.2. The van der Waals surface area contributed by atoms with Gasteiger partial charge in [-0.05, 0) is 48.4 Å². The fourth-order valence-corrected chi connectivity index (χ4v) is 3.38. The summed E-state index contributed by atoms with van der Waals surface area (Å²) in [5.41, 5.74) is 4.79. The van der Waals surface area contributed by atoms with Gasteiger partial charge in [-0.3, -0.25) is 4.79 Å². The molecule has 2 N–H and O–H groups in total. The zero-order valence-electron chi connectivity index (χ0n) is 15.9.